The fraction of sp³-hybridized carbons (Fsp3) is 0.0769. The third-order valence-electron chi connectivity index (χ3n) is 2.46. The average molecular weight is 247 g/mol. The van der Waals surface area contributed by atoms with Gasteiger partial charge < -0.3 is 10.2 Å². The van der Waals surface area contributed by atoms with Gasteiger partial charge in [0, 0.05) is 0 Å². The van der Waals surface area contributed by atoms with Crippen molar-refractivity contribution in [2.75, 3.05) is 0 Å². The topological polar surface area (TPSA) is 70.4 Å². The maximum atomic E-state index is 12.7. The maximum Gasteiger partial charge on any atom is 0.354 e. The summed E-state index contributed by atoms with van der Waals surface area (Å²) in [6.45, 7) is 0. The van der Waals surface area contributed by atoms with Gasteiger partial charge in [0.25, 0.3) is 0 Å². The number of hydrogen-bond donors (Lipinski definition) is 2. The van der Waals surface area contributed by atoms with Crippen molar-refractivity contribution >= 4 is 5.97 Å². The molecule has 4 nitrogen and oxygen atoms in total. The number of carboxylic acids is 1. The number of benzene rings is 1. The molecule has 5 heteroatoms. The molecule has 0 saturated carbocycles. The molecule has 1 atom stereocenters. The monoisotopic (exact) mass is 247 g/mol. The van der Waals surface area contributed by atoms with E-state index < -0.39 is 17.9 Å². The number of aliphatic hydroxyl groups is 1. The van der Waals surface area contributed by atoms with Crippen LogP contribution in [0.2, 0.25) is 0 Å². The molecule has 2 rings (SSSR count). The standard InChI is InChI=1S/C13H10FNO3/c14-9-6-4-8(5-7-9)12(16)10-2-1-3-11(15-10)13(17)18/h1-7,12,16H,(H,17,18). The number of rotatable bonds is 3. The fourth-order valence-electron chi connectivity index (χ4n) is 1.54. The van der Waals surface area contributed by atoms with E-state index in [9.17, 15) is 14.3 Å². The highest BCUT2D eigenvalue weighted by Crippen LogP contribution is 2.20. The second-order valence-corrected chi connectivity index (χ2v) is 3.71. The first-order chi connectivity index (χ1) is 8.58. The fourth-order valence-corrected chi connectivity index (χ4v) is 1.54. The van der Waals surface area contributed by atoms with Gasteiger partial charge in [0.2, 0.25) is 0 Å². The molecule has 1 aromatic carbocycles. The predicted molar refractivity (Wildman–Crippen MR) is 61.7 cm³/mol. The number of aliphatic hydroxyl groups excluding tert-OH is 1. The molecule has 18 heavy (non-hydrogen) atoms. The molecular formula is C13H10FNO3. The molecule has 0 aliphatic rings. The van der Waals surface area contributed by atoms with Crippen LogP contribution in [0.1, 0.15) is 27.8 Å². The summed E-state index contributed by atoms with van der Waals surface area (Å²) in [5.74, 6) is -1.57. The Hall–Kier alpha value is -2.27. The number of nitrogens with zero attached hydrogens (tertiary/aromatic N) is 1. The van der Waals surface area contributed by atoms with Crippen LogP contribution in [0.25, 0.3) is 0 Å². The number of aromatic carboxylic acids is 1. The highest BCUT2D eigenvalue weighted by atomic mass is 19.1. The van der Waals surface area contributed by atoms with E-state index in [1.165, 1.54) is 42.5 Å². The molecule has 2 aromatic rings. The van der Waals surface area contributed by atoms with Gasteiger partial charge in [0.1, 0.15) is 17.6 Å². The van der Waals surface area contributed by atoms with E-state index in [1.54, 1.807) is 0 Å². The molecule has 0 fully saturated rings. The molecule has 0 spiro atoms. The van der Waals surface area contributed by atoms with Gasteiger partial charge in [0.05, 0.1) is 5.69 Å². The van der Waals surface area contributed by atoms with Gasteiger partial charge in [-0.1, -0.05) is 18.2 Å². The highest BCUT2D eigenvalue weighted by Gasteiger charge is 2.14. The van der Waals surface area contributed by atoms with Crippen LogP contribution >= 0.6 is 0 Å². The predicted octanol–water partition coefficient (Wildman–Crippen LogP) is 2.00. The molecule has 2 N–H and O–H groups in total. The van der Waals surface area contributed by atoms with Crippen LogP contribution in [-0.2, 0) is 0 Å². The van der Waals surface area contributed by atoms with Gasteiger partial charge in [-0.15, -0.1) is 0 Å². The van der Waals surface area contributed by atoms with Gasteiger partial charge in [-0.05, 0) is 29.8 Å². The normalized spacial score (nSPS) is 12.1. The van der Waals surface area contributed by atoms with E-state index in [1.807, 2.05) is 0 Å². The van der Waals surface area contributed by atoms with Crippen molar-refractivity contribution < 1.29 is 19.4 Å². The van der Waals surface area contributed by atoms with E-state index in [2.05, 4.69) is 4.98 Å². The SMILES string of the molecule is O=C(O)c1cccc(C(O)c2ccc(F)cc2)n1. The van der Waals surface area contributed by atoms with Gasteiger partial charge >= 0.3 is 5.97 Å². The minimum atomic E-state index is -1.16. The second-order valence-electron chi connectivity index (χ2n) is 3.71. The molecule has 0 amide bonds. The number of carboxylic acid groups (broad SMARTS) is 1. The Bertz CT molecular complexity index is 569. The lowest BCUT2D eigenvalue weighted by Gasteiger charge is -2.10. The highest BCUT2D eigenvalue weighted by molar-refractivity contribution is 5.85. The Balaban J connectivity index is 2.33. The quantitative estimate of drug-likeness (QED) is 0.870. The van der Waals surface area contributed by atoms with Crippen LogP contribution in [0, 0.1) is 5.82 Å². The minimum Gasteiger partial charge on any atom is -0.477 e. The van der Waals surface area contributed by atoms with E-state index in [-0.39, 0.29) is 11.4 Å². The summed E-state index contributed by atoms with van der Waals surface area (Å²) >= 11 is 0. The summed E-state index contributed by atoms with van der Waals surface area (Å²) in [5.41, 5.74) is 0.515. The maximum absolute atomic E-state index is 12.7. The lowest BCUT2D eigenvalue weighted by Crippen LogP contribution is -2.07. The molecule has 0 aliphatic heterocycles. The molecule has 1 aromatic heterocycles. The Morgan fingerprint density at radius 1 is 1.17 bits per heavy atom. The molecule has 1 heterocycles. The van der Waals surface area contributed by atoms with Gasteiger partial charge in [-0.2, -0.15) is 0 Å². The number of aromatic nitrogens is 1. The Labute approximate surface area is 102 Å². The Kier molecular flexibility index (Phi) is 3.34. The van der Waals surface area contributed by atoms with Crippen LogP contribution in [0.5, 0.6) is 0 Å². The molecular weight excluding hydrogens is 237 g/mol. The van der Waals surface area contributed by atoms with E-state index in [0.29, 0.717) is 5.56 Å². The van der Waals surface area contributed by atoms with Gasteiger partial charge in [-0.3, -0.25) is 0 Å². The van der Waals surface area contributed by atoms with Crippen molar-refractivity contribution in [1.29, 1.82) is 0 Å². The molecule has 1 unspecified atom stereocenters. The van der Waals surface area contributed by atoms with Crippen molar-refractivity contribution in [2.24, 2.45) is 0 Å². The largest absolute Gasteiger partial charge is 0.477 e. The first-order valence-electron chi connectivity index (χ1n) is 5.21. The van der Waals surface area contributed by atoms with Crippen molar-refractivity contribution in [1.82, 2.24) is 4.98 Å². The zero-order chi connectivity index (χ0) is 13.1. The Morgan fingerprint density at radius 3 is 2.44 bits per heavy atom. The van der Waals surface area contributed by atoms with Crippen LogP contribution < -0.4 is 0 Å². The van der Waals surface area contributed by atoms with Crippen molar-refractivity contribution in [3.05, 3.63) is 65.2 Å². The van der Waals surface area contributed by atoms with Crippen molar-refractivity contribution in [2.45, 2.75) is 6.10 Å². The molecule has 0 radical (unpaired) electrons. The molecule has 0 aliphatic carbocycles. The van der Waals surface area contributed by atoms with E-state index in [0.717, 1.165) is 0 Å². The summed E-state index contributed by atoms with van der Waals surface area (Å²) in [7, 11) is 0. The summed E-state index contributed by atoms with van der Waals surface area (Å²) in [6.07, 6.45) is -1.08. The molecule has 0 bridgehead atoms. The Morgan fingerprint density at radius 2 is 1.83 bits per heavy atom. The number of hydrogen-bond acceptors (Lipinski definition) is 3. The third-order valence-corrected chi connectivity index (χ3v) is 2.46. The summed E-state index contributed by atoms with van der Waals surface area (Å²) < 4.78 is 12.7. The number of carbonyl (C=O) groups is 1. The van der Waals surface area contributed by atoms with E-state index in [4.69, 9.17) is 5.11 Å². The van der Waals surface area contributed by atoms with Crippen LogP contribution in [0.3, 0.4) is 0 Å². The lowest BCUT2D eigenvalue weighted by atomic mass is 10.1. The molecule has 92 valence electrons. The van der Waals surface area contributed by atoms with Crippen LogP contribution in [0.4, 0.5) is 4.39 Å². The zero-order valence-electron chi connectivity index (χ0n) is 9.25. The smallest absolute Gasteiger partial charge is 0.354 e. The summed E-state index contributed by atoms with van der Waals surface area (Å²) in [6, 6.07) is 9.64. The first kappa shape index (κ1) is 12.2. The van der Waals surface area contributed by atoms with Crippen molar-refractivity contribution in [3.63, 3.8) is 0 Å². The van der Waals surface area contributed by atoms with Crippen LogP contribution in [0.15, 0.2) is 42.5 Å². The average Bonchev–Trinajstić information content (AvgIpc) is 2.39. The first-order valence-corrected chi connectivity index (χ1v) is 5.21. The lowest BCUT2D eigenvalue weighted by molar-refractivity contribution is 0.0689. The minimum absolute atomic E-state index is 0.145. The third kappa shape index (κ3) is 2.52. The van der Waals surface area contributed by atoms with E-state index >= 15 is 0 Å². The molecule has 0 saturated heterocycles. The zero-order valence-corrected chi connectivity index (χ0v) is 9.25. The summed E-state index contributed by atoms with van der Waals surface area (Å²) in [4.78, 5) is 14.6. The van der Waals surface area contributed by atoms with Gasteiger partial charge in [-0.25, -0.2) is 14.2 Å². The van der Waals surface area contributed by atoms with Crippen LogP contribution in [-0.4, -0.2) is 21.2 Å². The second kappa shape index (κ2) is 4.93. The summed E-state index contributed by atoms with van der Waals surface area (Å²) in [5, 5.41) is 18.8. The van der Waals surface area contributed by atoms with Gasteiger partial charge in [0.15, 0.2) is 0 Å². The van der Waals surface area contributed by atoms with Crippen molar-refractivity contribution in [3.8, 4) is 0 Å². The number of halogens is 1. The number of pyridine rings is 1.